The molecule has 1 saturated heterocycles. The summed E-state index contributed by atoms with van der Waals surface area (Å²) in [4.78, 5) is 18.4. The van der Waals surface area contributed by atoms with Crippen LogP contribution in [0.2, 0.25) is 0 Å². The summed E-state index contributed by atoms with van der Waals surface area (Å²) in [5.41, 5.74) is 2.63. The van der Waals surface area contributed by atoms with Gasteiger partial charge in [0.25, 0.3) is 6.47 Å². The average molecular weight is 511 g/mol. The molecular formula is C23H22BrF3N2O3. The molecule has 0 saturated carbocycles. The topological polar surface area (TPSA) is 51.1 Å². The van der Waals surface area contributed by atoms with Crippen molar-refractivity contribution in [1.82, 2.24) is 4.90 Å². The molecular weight excluding hydrogens is 489 g/mol. The molecule has 1 fully saturated rings. The third kappa shape index (κ3) is 5.15. The predicted octanol–water partition coefficient (Wildman–Crippen LogP) is 5.30. The number of benzene rings is 2. The first kappa shape index (κ1) is 22.8. The van der Waals surface area contributed by atoms with E-state index in [0.717, 1.165) is 60.8 Å². The summed E-state index contributed by atoms with van der Waals surface area (Å²) < 4.78 is 43.7. The molecule has 0 unspecified atom stereocenters. The Kier molecular flexibility index (Phi) is 6.57. The van der Waals surface area contributed by atoms with Crippen LogP contribution in [-0.4, -0.2) is 35.8 Å². The van der Waals surface area contributed by atoms with Gasteiger partial charge >= 0.3 is 6.18 Å². The second-order valence-electron chi connectivity index (χ2n) is 8.18. The van der Waals surface area contributed by atoms with Crippen LogP contribution in [-0.2, 0) is 33.7 Å². The van der Waals surface area contributed by atoms with Gasteiger partial charge in [0.1, 0.15) is 12.2 Å². The van der Waals surface area contributed by atoms with Crippen molar-refractivity contribution in [2.24, 2.45) is 5.16 Å². The van der Waals surface area contributed by atoms with Crippen LogP contribution >= 0.6 is 15.9 Å². The molecule has 0 bridgehead atoms. The molecule has 0 N–H and O–H groups in total. The zero-order valence-electron chi connectivity index (χ0n) is 17.2. The van der Waals surface area contributed by atoms with Gasteiger partial charge in [-0.3, -0.25) is 9.69 Å². The maximum atomic E-state index is 12.9. The van der Waals surface area contributed by atoms with Crippen LogP contribution < -0.4 is 0 Å². The Morgan fingerprint density at radius 3 is 2.44 bits per heavy atom. The molecule has 2 aliphatic heterocycles. The molecule has 0 radical (unpaired) electrons. The summed E-state index contributed by atoms with van der Waals surface area (Å²) in [7, 11) is 0. The summed E-state index contributed by atoms with van der Waals surface area (Å²) in [5, 5.41) is 4.33. The fourth-order valence-electron chi connectivity index (χ4n) is 4.13. The lowest BCUT2D eigenvalue weighted by atomic mass is 9.85. The van der Waals surface area contributed by atoms with Gasteiger partial charge in [0.15, 0.2) is 0 Å². The van der Waals surface area contributed by atoms with E-state index in [-0.39, 0.29) is 16.7 Å². The molecule has 2 aliphatic rings. The van der Waals surface area contributed by atoms with Gasteiger partial charge in [-0.25, -0.2) is 0 Å². The first-order chi connectivity index (χ1) is 15.3. The van der Waals surface area contributed by atoms with Crippen LogP contribution in [0.1, 0.15) is 41.5 Å². The van der Waals surface area contributed by atoms with E-state index in [9.17, 15) is 18.0 Å². The minimum atomic E-state index is -4.37. The highest BCUT2D eigenvalue weighted by Crippen LogP contribution is 2.38. The number of alkyl halides is 3. The van der Waals surface area contributed by atoms with E-state index in [4.69, 9.17) is 9.57 Å². The molecule has 2 heterocycles. The number of ether oxygens (including phenoxy) is 1. The standard InChI is InChI=1S/C23H22BrF3N2O3/c24-20-11-17(3-6-19(20)23(25,26)27)13-29-9-7-22(8-10-29)12-21(28-32-22)18-4-1-16(2-5-18)14-31-15-30/h1-6,11,15H,7-10,12-14H2. The highest BCUT2D eigenvalue weighted by atomic mass is 79.9. The van der Waals surface area contributed by atoms with Crippen molar-refractivity contribution in [3.63, 3.8) is 0 Å². The van der Waals surface area contributed by atoms with Crippen molar-refractivity contribution < 1.29 is 27.5 Å². The van der Waals surface area contributed by atoms with E-state index in [0.29, 0.717) is 13.0 Å². The van der Waals surface area contributed by atoms with Crippen molar-refractivity contribution in [3.8, 4) is 0 Å². The number of likely N-dealkylation sites (tertiary alicyclic amines) is 1. The van der Waals surface area contributed by atoms with Gasteiger partial charge < -0.3 is 9.57 Å². The zero-order chi connectivity index (χ0) is 22.8. The molecule has 0 atom stereocenters. The lowest BCUT2D eigenvalue weighted by Crippen LogP contribution is -2.44. The number of carbonyl (C=O) groups is 1. The van der Waals surface area contributed by atoms with Gasteiger partial charge in [0.05, 0.1) is 11.3 Å². The largest absolute Gasteiger partial charge is 0.463 e. The second kappa shape index (κ2) is 9.23. The Bertz CT molecular complexity index is 1000. The van der Waals surface area contributed by atoms with Crippen molar-refractivity contribution in [1.29, 1.82) is 0 Å². The van der Waals surface area contributed by atoms with Crippen LogP contribution in [0.3, 0.4) is 0 Å². The van der Waals surface area contributed by atoms with E-state index in [1.165, 1.54) is 6.07 Å². The van der Waals surface area contributed by atoms with Gasteiger partial charge in [0.2, 0.25) is 0 Å². The number of hydrogen-bond acceptors (Lipinski definition) is 5. The summed E-state index contributed by atoms with van der Waals surface area (Å²) in [6.45, 7) is 2.81. The van der Waals surface area contributed by atoms with E-state index in [1.54, 1.807) is 6.07 Å². The Morgan fingerprint density at radius 2 is 1.81 bits per heavy atom. The lowest BCUT2D eigenvalue weighted by molar-refractivity contribution is -0.138. The monoisotopic (exact) mass is 510 g/mol. The van der Waals surface area contributed by atoms with E-state index >= 15 is 0 Å². The first-order valence-electron chi connectivity index (χ1n) is 10.3. The van der Waals surface area contributed by atoms with Gasteiger partial charge in [-0.05, 0) is 28.8 Å². The number of piperidine rings is 1. The number of carbonyl (C=O) groups excluding carboxylic acids is 1. The lowest BCUT2D eigenvalue weighted by Gasteiger charge is -2.37. The maximum absolute atomic E-state index is 12.9. The van der Waals surface area contributed by atoms with Crippen molar-refractivity contribution in [2.45, 2.75) is 44.2 Å². The highest BCUT2D eigenvalue weighted by molar-refractivity contribution is 9.10. The molecule has 0 aliphatic carbocycles. The Morgan fingerprint density at radius 1 is 1.12 bits per heavy atom. The molecule has 2 aromatic carbocycles. The molecule has 170 valence electrons. The van der Waals surface area contributed by atoms with Gasteiger partial charge in [-0.1, -0.05) is 51.4 Å². The normalized spacial score (nSPS) is 18.3. The summed E-state index contributed by atoms with van der Waals surface area (Å²) in [5.74, 6) is 0. The van der Waals surface area contributed by atoms with Crippen LogP contribution in [0.5, 0.6) is 0 Å². The molecule has 5 nitrogen and oxygen atoms in total. The summed E-state index contributed by atoms with van der Waals surface area (Å²) in [6.07, 6.45) is -2.05. The Labute approximate surface area is 192 Å². The van der Waals surface area contributed by atoms with Gasteiger partial charge in [-0.2, -0.15) is 13.2 Å². The summed E-state index contributed by atoms with van der Waals surface area (Å²) in [6, 6.07) is 11.9. The minimum Gasteiger partial charge on any atom is -0.463 e. The second-order valence-corrected chi connectivity index (χ2v) is 9.04. The van der Waals surface area contributed by atoms with E-state index < -0.39 is 11.7 Å². The van der Waals surface area contributed by atoms with E-state index in [1.807, 2.05) is 24.3 Å². The molecule has 9 heteroatoms. The number of nitrogens with zero attached hydrogens (tertiary/aromatic N) is 2. The number of hydrogen-bond donors (Lipinski definition) is 0. The fraction of sp³-hybridized carbons (Fsp3) is 0.391. The smallest absolute Gasteiger partial charge is 0.417 e. The van der Waals surface area contributed by atoms with Crippen LogP contribution in [0.25, 0.3) is 0 Å². The van der Waals surface area contributed by atoms with Crippen molar-refractivity contribution in [2.75, 3.05) is 13.1 Å². The predicted molar refractivity (Wildman–Crippen MR) is 116 cm³/mol. The zero-order valence-corrected chi connectivity index (χ0v) is 18.8. The Balaban J connectivity index is 1.31. The van der Waals surface area contributed by atoms with Crippen LogP contribution in [0.15, 0.2) is 52.1 Å². The van der Waals surface area contributed by atoms with Crippen LogP contribution in [0, 0.1) is 0 Å². The van der Waals surface area contributed by atoms with Gasteiger partial charge in [0, 0.05) is 43.4 Å². The Hall–Kier alpha value is -2.39. The number of rotatable bonds is 6. The molecule has 2 aromatic rings. The molecule has 4 rings (SSSR count). The summed E-state index contributed by atoms with van der Waals surface area (Å²) >= 11 is 3.05. The third-order valence-electron chi connectivity index (χ3n) is 5.96. The third-order valence-corrected chi connectivity index (χ3v) is 6.61. The fourth-order valence-corrected chi connectivity index (χ4v) is 4.78. The van der Waals surface area contributed by atoms with Crippen molar-refractivity contribution in [3.05, 3.63) is 69.2 Å². The maximum Gasteiger partial charge on any atom is 0.417 e. The molecule has 1 spiro atoms. The quantitative estimate of drug-likeness (QED) is 0.494. The van der Waals surface area contributed by atoms with Gasteiger partial charge in [-0.15, -0.1) is 0 Å². The first-order valence-corrected chi connectivity index (χ1v) is 11.0. The average Bonchev–Trinajstić information content (AvgIpc) is 3.17. The highest BCUT2D eigenvalue weighted by Gasteiger charge is 2.42. The molecule has 32 heavy (non-hydrogen) atoms. The minimum absolute atomic E-state index is 0.0666. The number of oxime groups is 1. The number of halogens is 4. The van der Waals surface area contributed by atoms with E-state index in [2.05, 4.69) is 26.0 Å². The molecule has 0 aromatic heterocycles. The van der Waals surface area contributed by atoms with Crippen molar-refractivity contribution >= 4 is 28.1 Å². The molecule has 0 amide bonds. The van der Waals surface area contributed by atoms with Crippen LogP contribution in [0.4, 0.5) is 13.2 Å². The SMILES string of the molecule is O=COCc1ccc(C2=NOC3(CCN(Cc4ccc(C(F)(F)F)c(Br)c4)CC3)C2)cc1.